The van der Waals surface area contributed by atoms with E-state index in [4.69, 9.17) is 14.4 Å². The maximum absolute atomic E-state index is 6.29. The maximum atomic E-state index is 6.29. The molecule has 5 heterocycles. The second-order valence-corrected chi connectivity index (χ2v) is 22.3. The van der Waals surface area contributed by atoms with Crippen LogP contribution in [-0.2, 0) is 42.7 Å². The van der Waals surface area contributed by atoms with Crippen LogP contribution in [0.3, 0.4) is 0 Å². The largest absolute Gasteiger partial charge is 2.00 e. The van der Waals surface area contributed by atoms with Crippen LogP contribution >= 0.6 is 22.7 Å². The number of fused-ring (bicyclic) bond motifs is 9. The summed E-state index contributed by atoms with van der Waals surface area (Å²) in [4.78, 5) is 12.5. The van der Waals surface area contributed by atoms with Crippen LogP contribution in [0.2, 0.25) is 0 Å². The van der Waals surface area contributed by atoms with Gasteiger partial charge in [0, 0.05) is 47.5 Å². The number of hydrogen-bond acceptors (Lipinski definition) is 5. The van der Waals surface area contributed by atoms with Crippen LogP contribution in [0.5, 0.6) is 0 Å². The Hall–Kier alpha value is -4.67. The Morgan fingerprint density at radius 3 is 1.97 bits per heavy atom. The van der Waals surface area contributed by atoms with Crippen LogP contribution in [0, 0.1) is 12.1 Å². The fourth-order valence-corrected chi connectivity index (χ4v) is 10.9. The minimum atomic E-state index is -0.551. The molecule has 0 bridgehead atoms. The van der Waals surface area contributed by atoms with Gasteiger partial charge in [-0.2, -0.15) is 11.3 Å². The standard InChI is InChI=1S/C55H50N2OS2.Pt/c1-52(2,3)33-20-23-44-37(27-33)36-26-32(19-22-43(36)58-44)42-17-14-18-46(56-42)55(10,11)47-29-39-38-28-34(53(4,5)6)21-24-45(38)59-51(39)49(57-47)41-25-31-15-12-13-16-35(31)40-30-48(54(7,8)9)60-50(40)41;/h12-18,20-24,26-30H,1-11H3;/q-2;+2. The fraction of sp³-hybridized carbons (Fsp3) is 0.273. The summed E-state index contributed by atoms with van der Waals surface area (Å²) in [6, 6.07) is 45.0. The predicted molar refractivity (Wildman–Crippen MR) is 258 cm³/mol. The molecule has 0 unspecified atom stereocenters. The van der Waals surface area contributed by atoms with Crippen molar-refractivity contribution in [2.75, 3.05) is 0 Å². The normalized spacial score (nSPS) is 13.0. The van der Waals surface area contributed by atoms with Gasteiger partial charge in [0.15, 0.2) is 0 Å². The van der Waals surface area contributed by atoms with Crippen molar-refractivity contribution >= 4 is 85.6 Å². The van der Waals surface area contributed by atoms with Gasteiger partial charge in [-0.1, -0.05) is 133 Å². The van der Waals surface area contributed by atoms with E-state index in [1.807, 2.05) is 28.7 Å². The molecule has 0 radical (unpaired) electrons. The van der Waals surface area contributed by atoms with E-state index in [1.165, 1.54) is 51.6 Å². The molecule has 308 valence electrons. The number of rotatable bonds is 4. The monoisotopic (exact) mass is 1010 g/mol. The van der Waals surface area contributed by atoms with Gasteiger partial charge in [0.1, 0.15) is 5.58 Å². The molecule has 0 fully saturated rings. The van der Waals surface area contributed by atoms with E-state index in [2.05, 4.69) is 185 Å². The van der Waals surface area contributed by atoms with Gasteiger partial charge in [0.05, 0.1) is 5.58 Å². The zero-order valence-electron chi connectivity index (χ0n) is 36.8. The smallest absolute Gasteiger partial charge is 0.500 e. The summed E-state index contributed by atoms with van der Waals surface area (Å²) in [6.07, 6.45) is 0. The third kappa shape index (κ3) is 7.06. The van der Waals surface area contributed by atoms with Gasteiger partial charge < -0.3 is 9.40 Å². The third-order valence-corrected chi connectivity index (χ3v) is 15.1. The topological polar surface area (TPSA) is 38.9 Å². The SMILES string of the molecule is CC(C)(C)c1ccc2oc3c[c-]c(-c4cccc(C(C)(C)c5cc6c(sc7ccc(C(C)(C)C)cc76)c(-c6[c-]c7ccccc7c7cc(C(C)(C)C)sc67)n5)n4)cc3c2c1.[Pt+2]. The van der Waals surface area contributed by atoms with Crippen molar-refractivity contribution in [3.05, 3.63) is 143 Å². The number of aromatic nitrogens is 2. The molecule has 0 saturated carbocycles. The first-order valence-electron chi connectivity index (χ1n) is 21.0. The molecule has 0 amide bonds. The number of nitrogens with zero attached hydrogens (tertiary/aromatic N) is 2. The Morgan fingerprint density at radius 2 is 1.23 bits per heavy atom. The van der Waals surface area contributed by atoms with Crippen molar-refractivity contribution in [3.8, 4) is 22.5 Å². The van der Waals surface area contributed by atoms with Crippen LogP contribution < -0.4 is 0 Å². The number of thiophene rings is 2. The van der Waals surface area contributed by atoms with Gasteiger partial charge in [-0.05, 0) is 93.4 Å². The van der Waals surface area contributed by atoms with Crippen LogP contribution in [-0.4, -0.2) is 9.97 Å². The molecule has 0 atom stereocenters. The third-order valence-electron chi connectivity index (χ3n) is 12.3. The summed E-state index contributed by atoms with van der Waals surface area (Å²) < 4.78 is 9.99. The van der Waals surface area contributed by atoms with Crippen LogP contribution in [0.4, 0.5) is 0 Å². The quantitative estimate of drug-likeness (QED) is 0.165. The minimum Gasteiger partial charge on any atom is -0.500 e. The molecule has 5 aromatic heterocycles. The summed E-state index contributed by atoms with van der Waals surface area (Å²) in [7, 11) is 0. The summed E-state index contributed by atoms with van der Waals surface area (Å²) in [5.74, 6) is 0. The van der Waals surface area contributed by atoms with E-state index in [0.717, 1.165) is 61.2 Å². The van der Waals surface area contributed by atoms with Crippen LogP contribution in [0.1, 0.15) is 104 Å². The summed E-state index contributed by atoms with van der Waals surface area (Å²) in [5, 5.41) is 8.31. The Kier molecular flexibility index (Phi) is 9.87. The van der Waals surface area contributed by atoms with Gasteiger partial charge in [-0.3, -0.25) is 4.98 Å². The molecule has 0 aliphatic heterocycles. The van der Waals surface area contributed by atoms with Crippen LogP contribution in [0.15, 0.2) is 108 Å². The zero-order valence-corrected chi connectivity index (χ0v) is 40.7. The molecule has 0 N–H and O–H groups in total. The molecular weight excluding hydrogens is 964 g/mol. The fourth-order valence-electron chi connectivity index (χ4n) is 8.46. The van der Waals surface area contributed by atoms with Crippen LogP contribution in [0.25, 0.3) is 85.5 Å². The molecule has 0 saturated heterocycles. The molecule has 0 spiro atoms. The molecule has 5 aromatic carbocycles. The Balaban J connectivity index is 0.00000476. The van der Waals surface area contributed by atoms with Gasteiger partial charge in [0.2, 0.25) is 0 Å². The number of furan rings is 1. The van der Waals surface area contributed by atoms with Crippen molar-refractivity contribution in [1.82, 2.24) is 9.97 Å². The summed E-state index contributed by atoms with van der Waals surface area (Å²) >= 11 is 3.73. The van der Waals surface area contributed by atoms with Gasteiger partial charge in [-0.15, -0.1) is 52.6 Å². The van der Waals surface area contributed by atoms with Gasteiger partial charge in [0.25, 0.3) is 0 Å². The maximum Gasteiger partial charge on any atom is 2.00 e. The van der Waals surface area contributed by atoms with Crippen molar-refractivity contribution in [1.29, 1.82) is 0 Å². The van der Waals surface area contributed by atoms with Gasteiger partial charge >= 0.3 is 21.1 Å². The van der Waals surface area contributed by atoms with Crippen molar-refractivity contribution in [2.24, 2.45) is 0 Å². The second-order valence-electron chi connectivity index (χ2n) is 20.2. The van der Waals surface area contributed by atoms with Gasteiger partial charge in [-0.25, -0.2) is 0 Å². The van der Waals surface area contributed by atoms with E-state index in [0.29, 0.717) is 0 Å². The van der Waals surface area contributed by atoms with E-state index in [9.17, 15) is 0 Å². The average Bonchev–Trinajstić information content (AvgIpc) is 3.93. The molecule has 61 heavy (non-hydrogen) atoms. The first kappa shape index (κ1) is 41.7. The van der Waals surface area contributed by atoms with E-state index in [1.54, 1.807) is 0 Å². The first-order chi connectivity index (χ1) is 28.3. The van der Waals surface area contributed by atoms with E-state index < -0.39 is 5.41 Å². The Labute approximate surface area is 381 Å². The Bertz CT molecular complexity index is 3360. The minimum absolute atomic E-state index is 0. The van der Waals surface area contributed by atoms with Crippen molar-refractivity contribution in [2.45, 2.75) is 97.8 Å². The molecule has 10 aromatic rings. The van der Waals surface area contributed by atoms with E-state index >= 15 is 0 Å². The second kappa shape index (κ2) is 14.4. The molecule has 6 heteroatoms. The predicted octanol–water partition coefficient (Wildman–Crippen LogP) is 16.3. The molecule has 3 nitrogen and oxygen atoms in total. The average molecular weight is 1010 g/mol. The van der Waals surface area contributed by atoms with E-state index in [-0.39, 0.29) is 37.3 Å². The molecule has 10 rings (SSSR count). The zero-order chi connectivity index (χ0) is 42.1. The number of pyridine rings is 2. The van der Waals surface area contributed by atoms with Crippen molar-refractivity contribution < 1.29 is 25.5 Å². The Morgan fingerprint density at radius 1 is 0.541 bits per heavy atom. The molecule has 0 aliphatic rings. The van der Waals surface area contributed by atoms with Crippen molar-refractivity contribution in [3.63, 3.8) is 0 Å². The molecule has 0 aliphatic carbocycles. The summed E-state index contributed by atoms with van der Waals surface area (Å²) in [5.41, 5.74) is 9.62. The molecular formula is C55H50N2OPtS2. The summed E-state index contributed by atoms with van der Waals surface area (Å²) in [6.45, 7) is 25.1. The number of benzene rings is 5. The first-order valence-corrected chi connectivity index (χ1v) is 22.6. The number of hydrogen-bond donors (Lipinski definition) is 0.